The van der Waals surface area contributed by atoms with E-state index >= 15 is 0 Å². The standard InChI is InChI=1S/C15H19N3O3/c1-18(14-8-15(21-4)17-10-16-14)9-11-5-6-12(19-2)13(7-11)20-3/h5-8,10H,9H2,1-4H3. The van der Waals surface area contributed by atoms with Gasteiger partial charge in [0.05, 0.1) is 21.3 Å². The van der Waals surface area contributed by atoms with E-state index < -0.39 is 0 Å². The van der Waals surface area contributed by atoms with Crippen LogP contribution in [-0.4, -0.2) is 38.3 Å². The number of benzene rings is 1. The van der Waals surface area contributed by atoms with Crippen molar-refractivity contribution in [1.29, 1.82) is 0 Å². The second-order valence-electron chi connectivity index (χ2n) is 4.46. The molecule has 0 atom stereocenters. The van der Waals surface area contributed by atoms with E-state index in [4.69, 9.17) is 14.2 Å². The first kappa shape index (κ1) is 14.9. The second-order valence-corrected chi connectivity index (χ2v) is 4.46. The van der Waals surface area contributed by atoms with Gasteiger partial charge in [0.2, 0.25) is 5.88 Å². The van der Waals surface area contributed by atoms with E-state index in [1.807, 2.05) is 30.1 Å². The van der Waals surface area contributed by atoms with E-state index in [2.05, 4.69) is 9.97 Å². The minimum Gasteiger partial charge on any atom is -0.493 e. The van der Waals surface area contributed by atoms with Crippen molar-refractivity contribution < 1.29 is 14.2 Å². The third-order valence-corrected chi connectivity index (χ3v) is 3.10. The third-order valence-electron chi connectivity index (χ3n) is 3.10. The molecular weight excluding hydrogens is 270 g/mol. The number of methoxy groups -OCH3 is 3. The fraction of sp³-hybridized carbons (Fsp3) is 0.333. The van der Waals surface area contributed by atoms with Gasteiger partial charge in [0.25, 0.3) is 0 Å². The van der Waals surface area contributed by atoms with Crippen LogP contribution < -0.4 is 19.1 Å². The molecule has 0 aliphatic rings. The highest BCUT2D eigenvalue weighted by Gasteiger charge is 2.09. The highest BCUT2D eigenvalue weighted by Crippen LogP contribution is 2.28. The average Bonchev–Trinajstić information content (AvgIpc) is 2.54. The van der Waals surface area contributed by atoms with Gasteiger partial charge in [0.15, 0.2) is 11.5 Å². The van der Waals surface area contributed by atoms with Gasteiger partial charge in [-0.15, -0.1) is 0 Å². The Balaban J connectivity index is 2.16. The Labute approximate surface area is 124 Å². The molecule has 112 valence electrons. The minimum absolute atomic E-state index is 0.541. The number of aromatic nitrogens is 2. The number of hydrogen-bond acceptors (Lipinski definition) is 6. The van der Waals surface area contributed by atoms with Gasteiger partial charge in [-0.05, 0) is 17.7 Å². The molecule has 0 spiro atoms. The average molecular weight is 289 g/mol. The summed E-state index contributed by atoms with van der Waals surface area (Å²) >= 11 is 0. The summed E-state index contributed by atoms with van der Waals surface area (Å²) in [6.07, 6.45) is 1.49. The summed E-state index contributed by atoms with van der Waals surface area (Å²) in [5.74, 6) is 2.76. The van der Waals surface area contributed by atoms with E-state index in [1.54, 1.807) is 27.4 Å². The Morgan fingerprint density at radius 3 is 2.38 bits per heavy atom. The number of anilines is 1. The molecular formula is C15H19N3O3. The molecule has 0 bridgehead atoms. The van der Waals surface area contributed by atoms with Crippen molar-refractivity contribution in [3.8, 4) is 17.4 Å². The summed E-state index contributed by atoms with van der Waals surface area (Å²) in [6.45, 7) is 0.681. The van der Waals surface area contributed by atoms with Gasteiger partial charge in [-0.25, -0.2) is 9.97 Å². The van der Waals surface area contributed by atoms with Crippen LogP contribution in [0, 0.1) is 0 Å². The van der Waals surface area contributed by atoms with Crippen LogP contribution in [0.5, 0.6) is 17.4 Å². The Kier molecular flexibility index (Phi) is 4.81. The van der Waals surface area contributed by atoms with Gasteiger partial charge in [-0.1, -0.05) is 6.07 Å². The molecule has 1 heterocycles. The van der Waals surface area contributed by atoms with E-state index in [0.717, 1.165) is 11.4 Å². The highest BCUT2D eigenvalue weighted by molar-refractivity contribution is 5.45. The minimum atomic E-state index is 0.541. The molecule has 0 aliphatic heterocycles. The zero-order valence-corrected chi connectivity index (χ0v) is 12.7. The maximum absolute atomic E-state index is 5.31. The zero-order chi connectivity index (χ0) is 15.2. The maximum Gasteiger partial charge on any atom is 0.218 e. The molecule has 0 saturated carbocycles. The molecule has 2 aromatic rings. The smallest absolute Gasteiger partial charge is 0.218 e. The van der Waals surface area contributed by atoms with E-state index in [9.17, 15) is 0 Å². The molecule has 1 aromatic carbocycles. The molecule has 0 amide bonds. The molecule has 0 radical (unpaired) electrons. The Morgan fingerprint density at radius 1 is 0.952 bits per heavy atom. The zero-order valence-electron chi connectivity index (χ0n) is 12.7. The fourth-order valence-corrected chi connectivity index (χ4v) is 1.98. The lowest BCUT2D eigenvalue weighted by Crippen LogP contribution is -2.17. The molecule has 6 nitrogen and oxygen atoms in total. The monoisotopic (exact) mass is 289 g/mol. The van der Waals surface area contributed by atoms with Gasteiger partial charge >= 0.3 is 0 Å². The molecule has 21 heavy (non-hydrogen) atoms. The SMILES string of the molecule is COc1cc(N(C)Cc2ccc(OC)c(OC)c2)ncn1. The number of nitrogens with zero attached hydrogens (tertiary/aromatic N) is 3. The number of hydrogen-bond donors (Lipinski definition) is 0. The first-order valence-corrected chi connectivity index (χ1v) is 6.46. The third kappa shape index (κ3) is 3.53. The summed E-state index contributed by atoms with van der Waals surface area (Å²) in [5.41, 5.74) is 1.09. The molecule has 0 aliphatic carbocycles. The van der Waals surface area contributed by atoms with Crippen LogP contribution in [-0.2, 0) is 6.54 Å². The summed E-state index contributed by atoms with van der Waals surface area (Å²) in [5, 5.41) is 0. The number of rotatable bonds is 6. The quantitative estimate of drug-likeness (QED) is 0.812. The maximum atomic E-state index is 5.31. The summed E-state index contributed by atoms with van der Waals surface area (Å²) < 4.78 is 15.7. The van der Waals surface area contributed by atoms with E-state index in [0.29, 0.717) is 23.9 Å². The molecule has 0 fully saturated rings. The topological polar surface area (TPSA) is 56.7 Å². The molecule has 1 aromatic heterocycles. The normalized spacial score (nSPS) is 10.1. The van der Waals surface area contributed by atoms with Crippen LogP contribution >= 0.6 is 0 Å². The predicted molar refractivity (Wildman–Crippen MR) is 80.2 cm³/mol. The summed E-state index contributed by atoms with van der Waals surface area (Å²) in [4.78, 5) is 10.2. The largest absolute Gasteiger partial charge is 0.493 e. The molecule has 2 rings (SSSR count). The Morgan fingerprint density at radius 2 is 1.71 bits per heavy atom. The second kappa shape index (κ2) is 6.78. The van der Waals surface area contributed by atoms with Gasteiger partial charge in [-0.3, -0.25) is 0 Å². The fourth-order valence-electron chi connectivity index (χ4n) is 1.98. The van der Waals surface area contributed by atoms with Crippen molar-refractivity contribution >= 4 is 5.82 Å². The van der Waals surface area contributed by atoms with Crippen LogP contribution in [0.3, 0.4) is 0 Å². The van der Waals surface area contributed by atoms with E-state index in [-0.39, 0.29) is 0 Å². The number of ether oxygens (including phenoxy) is 3. The van der Waals surface area contributed by atoms with Gasteiger partial charge < -0.3 is 19.1 Å². The first-order chi connectivity index (χ1) is 10.2. The lowest BCUT2D eigenvalue weighted by atomic mass is 10.2. The predicted octanol–water partition coefficient (Wildman–Crippen LogP) is 2.14. The summed E-state index contributed by atoms with van der Waals surface area (Å²) in [7, 11) is 6.79. The first-order valence-electron chi connectivity index (χ1n) is 6.46. The highest BCUT2D eigenvalue weighted by atomic mass is 16.5. The van der Waals surface area contributed by atoms with Gasteiger partial charge in [0.1, 0.15) is 12.1 Å². The van der Waals surface area contributed by atoms with Crippen LogP contribution in [0.15, 0.2) is 30.6 Å². The lowest BCUT2D eigenvalue weighted by molar-refractivity contribution is 0.354. The van der Waals surface area contributed by atoms with Crippen LogP contribution in [0.1, 0.15) is 5.56 Å². The van der Waals surface area contributed by atoms with Crippen LogP contribution in [0.25, 0.3) is 0 Å². The van der Waals surface area contributed by atoms with Crippen molar-refractivity contribution in [2.75, 3.05) is 33.3 Å². The lowest BCUT2D eigenvalue weighted by Gasteiger charge is -2.19. The van der Waals surface area contributed by atoms with Gasteiger partial charge in [0, 0.05) is 19.7 Å². The summed E-state index contributed by atoms with van der Waals surface area (Å²) in [6, 6.07) is 7.63. The van der Waals surface area contributed by atoms with Crippen molar-refractivity contribution in [2.24, 2.45) is 0 Å². The van der Waals surface area contributed by atoms with Crippen LogP contribution in [0.2, 0.25) is 0 Å². The van der Waals surface area contributed by atoms with Crippen molar-refractivity contribution in [2.45, 2.75) is 6.54 Å². The van der Waals surface area contributed by atoms with Crippen molar-refractivity contribution in [3.05, 3.63) is 36.2 Å². The molecule has 0 unspecified atom stereocenters. The van der Waals surface area contributed by atoms with Crippen LogP contribution in [0.4, 0.5) is 5.82 Å². The molecule has 0 saturated heterocycles. The van der Waals surface area contributed by atoms with E-state index in [1.165, 1.54) is 6.33 Å². The van der Waals surface area contributed by atoms with Crippen molar-refractivity contribution in [1.82, 2.24) is 9.97 Å². The molecule has 0 N–H and O–H groups in total. The van der Waals surface area contributed by atoms with Gasteiger partial charge in [-0.2, -0.15) is 0 Å². The molecule has 6 heteroatoms. The Bertz CT molecular complexity index is 604. The Hall–Kier alpha value is -2.50. The van der Waals surface area contributed by atoms with Crippen molar-refractivity contribution in [3.63, 3.8) is 0 Å².